The van der Waals surface area contributed by atoms with Crippen LogP contribution in [0.15, 0.2) is 36.9 Å². The van der Waals surface area contributed by atoms with Crippen molar-refractivity contribution in [3.63, 3.8) is 0 Å². The van der Waals surface area contributed by atoms with Gasteiger partial charge in [-0.15, -0.1) is 6.58 Å². The molecule has 0 saturated carbocycles. The summed E-state index contributed by atoms with van der Waals surface area (Å²) in [6.07, 6.45) is 1.71. The number of hydrogen-bond donors (Lipinski definition) is 1. The van der Waals surface area contributed by atoms with E-state index in [0.717, 1.165) is 5.75 Å². The molecule has 0 aromatic heterocycles. The van der Waals surface area contributed by atoms with Crippen LogP contribution in [0.3, 0.4) is 0 Å². The highest BCUT2D eigenvalue weighted by atomic mass is 16.6. The van der Waals surface area contributed by atoms with Gasteiger partial charge in [0.2, 0.25) is 0 Å². The Hall–Kier alpha value is -1.92. The third-order valence-electron chi connectivity index (χ3n) is 5.70. The SMILES string of the molecule is C=CCOCCOCCOCCOCCOCCOCCOCCOCCOCCOCCOCCOCCOc1ccc(N)cc1. The van der Waals surface area contributed by atoms with Gasteiger partial charge in [-0.1, -0.05) is 6.08 Å². The summed E-state index contributed by atoms with van der Waals surface area (Å²) in [6, 6.07) is 7.26. The molecule has 0 aliphatic rings. The maximum absolute atomic E-state index is 5.64. The number of ether oxygens (including phenoxy) is 13. The minimum atomic E-state index is 0.474. The van der Waals surface area contributed by atoms with E-state index >= 15 is 0 Å². The predicted molar refractivity (Wildman–Crippen MR) is 176 cm³/mol. The molecule has 0 aliphatic heterocycles. The quantitative estimate of drug-likeness (QED) is 0.0616. The number of nitrogen functional groups attached to an aromatic ring is 1. The smallest absolute Gasteiger partial charge is 0.119 e. The Balaban J connectivity index is 1.62. The van der Waals surface area contributed by atoms with E-state index in [2.05, 4.69) is 6.58 Å². The molecule has 1 rings (SSSR count). The summed E-state index contributed by atoms with van der Waals surface area (Å²) in [5.74, 6) is 0.771. The molecular weight excluding hydrogens is 618 g/mol. The molecule has 0 saturated heterocycles. The normalized spacial score (nSPS) is 11.3. The number of rotatable bonds is 39. The van der Waals surface area contributed by atoms with Crippen LogP contribution in [0.1, 0.15) is 0 Å². The van der Waals surface area contributed by atoms with Gasteiger partial charge in [0.05, 0.1) is 159 Å². The zero-order valence-electron chi connectivity index (χ0n) is 28.2. The van der Waals surface area contributed by atoms with Crippen LogP contribution in [0.5, 0.6) is 5.75 Å². The highest BCUT2D eigenvalue weighted by Gasteiger charge is 1.97. The molecule has 0 radical (unpaired) electrons. The maximum Gasteiger partial charge on any atom is 0.119 e. The van der Waals surface area contributed by atoms with E-state index in [1.807, 2.05) is 12.1 Å². The highest BCUT2D eigenvalue weighted by Crippen LogP contribution is 2.12. The summed E-state index contributed by atoms with van der Waals surface area (Å²) in [4.78, 5) is 0. The van der Waals surface area contributed by atoms with E-state index in [0.29, 0.717) is 171 Å². The Morgan fingerprint density at radius 1 is 0.362 bits per heavy atom. The van der Waals surface area contributed by atoms with Crippen LogP contribution >= 0.6 is 0 Å². The summed E-state index contributed by atoms with van der Waals surface area (Å²) in [5, 5.41) is 0. The second-order valence-corrected chi connectivity index (χ2v) is 9.52. The van der Waals surface area contributed by atoms with Crippen molar-refractivity contribution in [1.29, 1.82) is 0 Å². The monoisotopic (exact) mass is 677 g/mol. The van der Waals surface area contributed by atoms with Gasteiger partial charge < -0.3 is 67.3 Å². The van der Waals surface area contributed by atoms with Crippen LogP contribution in [0.25, 0.3) is 0 Å². The lowest BCUT2D eigenvalue weighted by atomic mass is 10.3. The third kappa shape index (κ3) is 33.8. The Labute approximate surface area is 280 Å². The van der Waals surface area contributed by atoms with Crippen molar-refractivity contribution in [2.75, 3.05) is 171 Å². The zero-order chi connectivity index (χ0) is 33.6. The summed E-state index contributed by atoms with van der Waals surface area (Å²) in [5.41, 5.74) is 6.35. The second-order valence-electron chi connectivity index (χ2n) is 9.52. The van der Waals surface area contributed by atoms with Crippen molar-refractivity contribution >= 4 is 5.69 Å². The van der Waals surface area contributed by atoms with Crippen molar-refractivity contribution in [2.45, 2.75) is 0 Å². The average molecular weight is 678 g/mol. The van der Waals surface area contributed by atoms with Crippen LogP contribution in [0, 0.1) is 0 Å². The van der Waals surface area contributed by atoms with E-state index in [1.165, 1.54) is 0 Å². The topological polar surface area (TPSA) is 146 Å². The number of anilines is 1. The van der Waals surface area contributed by atoms with Crippen molar-refractivity contribution in [3.8, 4) is 5.75 Å². The summed E-state index contributed by atoms with van der Waals surface area (Å²) in [7, 11) is 0. The first-order chi connectivity index (χ1) is 23.3. The van der Waals surface area contributed by atoms with Gasteiger partial charge in [-0.3, -0.25) is 0 Å². The van der Waals surface area contributed by atoms with Crippen molar-refractivity contribution in [3.05, 3.63) is 36.9 Å². The molecule has 0 aliphatic carbocycles. The van der Waals surface area contributed by atoms with Gasteiger partial charge in [0.25, 0.3) is 0 Å². The fraction of sp³-hybridized carbons (Fsp3) is 0.758. The molecule has 14 nitrogen and oxygen atoms in total. The molecule has 1 aromatic rings. The fourth-order valence-corrected chi connectivity index (χ4v) is 3.37. The van der Waals surface area contributed by atoms with Crippen molar-refractivity contribution < 1.29 is 61.6 Å². The van der Waals surface area contributed by atoms with E-state index in [9.17, 15) is 0 Å². The number of benzene rings is 1. The molecule has 0 bridgehead atoms. The van der Waals surface area contributed by atoms with Crippen molar-refractivity contribution in [2.24, 2.45) is 0 Å². The Kier molecular flexibility index (Phi) is 33.8. The molecule has 0 amide bonds. The summed E-state index contributed by atoms with van der Waals surface area (Å²) >= 11 is 0. The fourth-order valence-electron chi connectivity index (χ4n) is 3.37. The molecule has 0 spiro atoms. The Morgan fingerprint density at radius 3 is 0.851 bits per heavy atom. The molecule has 2 N–H and O–H groups in total. The molecule has 0 heterocycles. The Morgan fingerprint density at radius 2 is 0.596 bits per heavy atom. The van der Waals surface area contributed by atoms with Gasteiger partial charge in [-0.2, -0.15) is 0 Å². The maximum atomic E-state index is 5.64. The van der Waals surface area contributed by atoms with Crippen LogP contribution in [0.2, 0.25) is 0 Å². The molecule has 0 fully saturated rings. The zero-order valence-corrected chi connectivity index (χ0v) is 28.2. The summed E-state index contributed by atoms with van der Waals surface area (Å²) in [6.45, 7) is 16.4. The van der Waals surface area contributed by atoms with Gasteiger partial charge in [0, 0.05) is 5.69 Å². The lowest BCUT2D eigenvalue weighted by Crippen LogP contribution is -2.15. The van der Waals surface area contributed by atoms with Gasteiger partial charge >= 0.3 is 0 Å². The first-order valence-corrected chi connectivity index (χ1v) is 16.3. The van der Waals surface area contributed by atoms with E-state index < -0.39 is 0 Å². The molecule has 14 heteroatoms. The summed E-state index contributed by atoms with van der Waals surface area (Å²) < 4.78 is 70.8. The number of hydrogen-bond acceptors (Lipinski definition) is 14. The first-order valence-electron chi connectivity index (χ1n) is 16.3. The van der Waals surface area contributed by atoms with Gasteiger partial charge in [-0.05, 0) is 24.3 Å². The van der Waals surface area contributed by atoms with E-state index in [4.69, 9.17) is 67.3 Å². The first kappa shape index (κ1) is 43.1. The van der Waals surface area contributed by atoms with Crippen LogP contribution in [-0.4, -0.2) is 165 Å². The van der Waals surface area contributed by atoms with Gasteiger partial charge in [0.1, 0.15) is 12.4 Å². The lowest BCUT2D eigenvalue weighted by molar-refractivity contribution is -0.0283. The Bertz CT molecular complexity index is 761. The molecule has 47 heavy (non-hydrogen) atoms. The molecule has 1 aromatic carbocycles. The minimum Gasteiger partial charge on any atom is -0.491 e. The predicted octanol–water partition coefficient (Wildman–Crippen LogP) is 2.03. The standard InChI is InChI=1S/C33H59NO13/c1-2-7-35-8-9-36-10-11-37-12-13-38-14-15-39-16-17-40-18-19-41-20-21-42-22-23-43-24-25-44-26-27-45-28-29-46-30-31-47-33-5-3-32(34)4-6-33/h2-6H,1,7-31,34H2. The van der Waals surface area contributed by atoms with Crippen LogP contribution in [-0.2, 0) is 56.8 Å². The highest BCUT2D eigenvalue weighted by molar-refractivity contribution is 5.41. The molecule has 0 unspecified atom stereocenters. The average Bonchev–Trinajstić information content (AvgIpc) is 3.08. The molecule has 0 atom stereocenters. The van der Waals surface area contributed by atoms with Crippen LogP contribution < -0.4 is 10.5 Å². The number of nitrogens with two attached hydrogens (primary N) is 1. The van der Waals surface area contributed by atoms with Crippen LogP contribution in [0.4, 0.5) is 5.69 Å². The van der Waals surface area contributed by atoms with Gasteiger partial charge in [0.15, 0.2) is 0 Å². The minimum absolute atomic E-state index is 0.474. The lowest BCUT2D eigenvalue weighted by Gasteiger charge is -2.09. The third-order valence-corrected chi connectivity index (χ3v) is 5.70. The largest absolute Gasteiger partial charge is 0.491 e. The molecular formula is C33H59NO13. The van der Waals surface area contributed by atoms with E-state index in [-0.39, 0.29) is 0 Å². The van der Waals surface area contributed by atoms with Crippen molar-refractivity contribution in [1.82, 2.24) is 0 Å². The van der Waals surface area contributed by atoms with E-state index in [1.54, 1.807) is 18.2 Å². The van der Waals surface area contributed by atoms with Gasteiger partial charge in [-0.25, -0.2) is 0 Å². The second kappa shape index (κ2) is 36.9. The molecule has 274 valence electrons.